The van der Waals surface area contributed by atoms with Gasteiger partial charge < -0.3 is 9.32 Å². The molecule has 1 unspecified atom stereocenters. The van der Waals surface area contributed by atoms with Crippen LogP contribution in [0.3, 0.4) is 0 Å². The predicted octanol–water partition coefficient (Wildman–Crippen LogP) is 1.64. The number of carbonyl (C=O) groups excluding carboxylic acids is 1. The third kappa shape index (κ3) is 2.50. The van der Waals surface area contributed by atoms with E-state index in [0.29, 0.717) is 11.8 Å². The number of aryl methyl sites for hydroxylation is 1. The second kappa shape index (κ2) is 4.51. The number of carbonyl (C=O) groups is 1. The van der Waals surface area contributed by atoms with Gasteiger partial charge in [-0.05, 0) is 18.8 Å². The average molecular weight is 224 g/mol. The van der Waals surface area contributed by atoms with Crippen molar-refractivity contribution in [2.24, 2.45) is 5.92 Å². The van der Waals surface area contributed by atoms with Crippen LogP contribution >= 0.6 is 0 Å². The van der Waals surface area contributed by atoms with Gasteiger partial charge in [-0.25, -0.2) is 4.79 Å². The van der Waals surface area contributed by atoms with E-state index in [1.165, 1.54) is 6.42 Å². The van der Waals surface area contributed by atoms with E-state index < -0.39 is 0 Å². The van der Waals surface area contributed by atoms with Crippen molar-refractivity contribution in [2.45, 2.75) is 26.7 Å². The van der Waals surface area contributed by atoms with Crippen LogP contribution in [-0.4, -0.2) is 34.2 Å². The Kier molecular flexibility index (Phi) is 3.07. The fraction of sp³-hybridized carbons (Fsp3) is 0.700. The molecular weight excluding hydrogens is 208 g/mol. The van der Waals surface area contributed by atoms with E-state index in [-0.39, 0.29) is 12.0 Å². The van der Waals surface area contributed by atoms with Crippen LogP contribution in [0.2, 0.25) is 0 Å². The summed E-state index contributed by atoms with van der Waals surface area (Å²) in [7, 11) is 0. The van der Waals surface area contributed by atoms with Crippen LogP contribution in [0.1, 0.15) is 25.7 Å². The summed E-state index contributed by atoms with van der Waals surface area (Å²) in [6, 6.07) is 0.0101. The molecule has 1 aromatic rings. The lowest BCUT2D eigenvalue weighted by atomic mass is 10.0. The summed E-state index contributed by atoms with van der Waals surface area (Å²) in [5, 5.41) is 9.97. The summed E-state index contributed by atoms with van der Waals surface area (Å²) in [4.78, 5) is 13.6. The number of hydrogen-bond acceptors (Lipinski definition) is 4. The number of amides is 2. The molecular formula is C10H16N4O2. The molecule has 1 fully saturated rings. The monoisotopic (exact) mass is 224 g/mol. The molecule has 0 radical (unpaired) electrons. The molecule has 0 aliphatic carbocycles. The van der Waals surface area contributed by atoms with Gasteiger partial charge in [0.25, 0.3) is 0 Å². The summed E-state index contributed by atoms with van der Waals surface area (Å²) in [5.74, 6) is 1.01. The van der Waals surface area contributed by atoms with Gasteiger partial charge in [-0.15, -0.1) is 5.10 Å². The maximum absolute atomic E-state index is 11.8. The number of nitrogens with one attached hydrogen (secondary N) is 1. The van der Waals surface area contributed by atoms with Crippen LogP contribution in [0.5, 0.6) is 0 Å². The molecule has 1 aliphatic rings. The van der Waals surface area contributed by atoms with Crippen molar-refractivity contribution in [3.63, 3.8) is 0 Å². The molecule has 2 amide bonds. The van der Waals surface area contributed by atoms with Gasteiger partial charge in [0.15, 0.2) is 0 Å². The molecule has 6 heteroatoms. The number of likely N-dealkylation sites (tertiary alicyclic amines) is 1. The normalized spacial score (nSPS) is 20.9. The molecule has 1 aromatic heterocycles. The molecule has 16 heavy (non-hydrogen) atoms. The van der Waals surface area contributed by atoms with Crippen molar-refractivity contribution >= 4 is 12.0 Å². The van der Waals surface area contributed by atoms with E-state index in [1.54, 1.807) is 11.8 Å². The number of aromatic nitrogens is 2. The highest BCUT2D eigenvalue weighted by molar-refractivity contribution is 5.87. The molecule has 2 heterocycles. The molecule has 1 atom stereocenters. The van der Waals surface area contributed by atoms with Crippen LogP contribution in [0.15, 0.2) is 4.42 Å². The summed E-state index contributed by atoms with van der Waals surface area (Å²) in [5.41, 5.74) is 0. The van der Waals surface area contributed by atoms with Crippen molar-refractivity contribution in [1.82, 2.24) is 15.1 Å². The first-order valence-corrected chi connectivity index (χ1v) is 5.51. The zero-order valence-electron chi connectivity index (χ0n) is 9.56. The Morgan fingerprint density at radius 2 is 2.38 bits per heavy atom. The van der Waals surface area contributed by atoms with Crippen molar-refractivity contribution in [3.8, 4) is 0 Å². The fourth-order valence-corrected chi connectivity index (χ4v) is 1.89. The van der Waals surface area contributed by atoms with Crippen LogP contribution in [-0.2, 0) is 0 Å². The Bertz CT molecular complexity index is 377. The highest BCUT2D eigenvalue weighted by Crippen LogP contribution is 2.16. The lowest BCUT2D eigenvalue weighted by Crippen LogP contribution is -2.41. The maximum atomic E-state index is 11.8. The minimum Gasteiger partial charge on any atom is -0.408 e. The summed E-state index contributed by atoms with van der Waals surface area (Å²) in [6.45, 7) is 5.42. The SMILES string of the molecule is Cc1nnc(NC(=O)N2CCCC(C)C2)o1. The number of anilines is 1. The minimum atomic E-state index is -0.157. The summed E-state index contributed by atoms with van der Waals surface area (Å²) < 4.78 is 5.09. The maximum Gasteiger partial charge on any atom is 0.325 e. The molecule has 1 saturated heterocycles. The van der Waals surface area contributed by atoms with Gasteiger partial charge in [-0.3, -0.25) is 5.32 Å². The molecule has 0 aromatic carbocycles. The van der Waals surface area contributed by atoms with E-state index in [1.807, 2.05) is 0 Å². The van der Waals surface area contributed by atoms with E-state index in [2.05, 4.69) is 22.4 Å². The standard InChI is InChI=1S/C10H16N4O2/c1-7-4-3-5-14(6-7)10(15)11-9-13-12-8(2)16-9/h7H,3-6H2,1-2H3,(H,11,13,15). The topological polar surface area (TPSA) is 71.3 Å². The number of nitrogens with zero attached hydrogens (tertiary/aromatic N) is 3. The second-order valence-corrected chi connectivity index (χ2v) is 4.25. The lowest BCUT2D eigenvalue weighted by molar-refractivity contribution is 0.181. The molecule has 2 rings (SSSR count). The van der Waals surface area contributed by atoms with Gasteiger partial charge in [-0.1, -0.05) is 12.0 Å². The first kappa shape index (κ1) is 10.9. The Balaban J connectivity index is 1.92. The van der Waals surface area contributed by atoms with Gasteiger partial charge in [-0.2, -0.15) is 0 Å². The highest BCUT2D eigenvalue weighted by Gasteiger charge is 2.21. The van der Waals surface area contributed by atoms with Gasteiger partial charge in [0.05, 0.1) is 0 Å². The Morgan fingerprint density at radius 3 is 3.00 bits per heavy atom. The summed E-state index contributed by atoms with van der Waals surface area (Å²) in [6.07, 6.45) is 2.24. The van der Waals surface area contributed by atoms with Crippen LogP contribution in [0.4, 0.5) is 10.8 Å². The Labute approximate surface area is 94.0 Å². The Hall–Kier alpha value is -1.59. The lowest BCUT2D eigenvalue weighted by Gasteiger charge is -2.30. The average Bonchev–Trinajstić information content (AvgIpc) is 2.64. The minimum absolute atomic E-state index is 0.157. The molecule has 88 valence electrons. The van der Waals surface area contributed by atoms with Crippen molar-refractivity contribution in [3.05, 3.63) is 5.89 Å². The van der Waals surface area contributed by atoms with Crippen molar-refractivity contribution in [1.29, 1.82) is 0 Å². The number of urea groups is 1. The smallest absolute Gasteiger partial charge is 0.325 e. The van der Waals surface area contributed by atoms with Gasteiger partial charge in [0.2, 0.25) is 5.89 Å². The van der Waals surface area contributed by atoms with E-state index >= 15 is 0 Å². The fourth-order valence-electron chi connectivity index (χ4n) is 1.89. The van der Waals surface area contributed by atoms with E-state index in [9.17, 15) is 4.79 Å². The number of rotatable bonds is 1. The molecule has 0 spiro atoms. The van der Waals surface area contributed by atoms with Gasteiger partial charge in [0, 0.05) is 20.0 Å². The van der Waals surface area contributed by atoms with Gasteiger partial charge in [0.1, 0.15) is 0 Å². The number of piperidine rings is 1. The first-order valence-electron chi connectivity index (χ1n) is 5.51. The largest absolute Gasteiger partial charge is 0.408 e. The van der Waals surface area contributed by atoms with Crippen molar-refractivity contribution < 1.29 is 9.21 Å². The van der Waals surface area contributed by atoms with Crippen LogP contribution in [0.25, 0.3) is 0 Å². The molecule has 0 bridgehead atoms. The summed E-state index contributed by atoms with van der Waals surface area (Å²) >= 11 is 0. The molecule has 1 aliphatic heterocycles. The van der Waals surface area contributed by atoms with Crippen LogP contribution < -0.4 is 5.32 Å². The second-order valence-electron chi connectivity index (χ2n) is 4.25. The van der Waals surface area contributed by atoms with E-state index in [4.69, 9.17) is 4.42 Å². The van der Waals surface area contributed by atoms with E-state index in [0.717, 1.165) is 19.5 Å². The predicted molar refractivity (Wildman–Crippen MR) is 58.0 cm³/mol. The first-order chi connectivity index (χ1) is 7.65. The van der Waals surface area contributed by atoms with Crippen LogP contribution in [0, 0.1) is 12.8 Å². The molecule has 6 nitrogen and oxygen atoms in total. The zero-order valence-corrected chi connectivity index (χ0v) is 9.56. The quantitative estimate of drug-likeness (QED) is 0.787. The third-order valence-electron chi connectivity index (χ3n) is 2.68. The zero-order chi connectivity index (χ0) is 11.5. The van der Waals surface area contributed by atoms with Gasteiger partial charge >= 0.3 is 12.0 Å². The molecule has 1 N–H and O–H groups in total. The highest BCUT2D eigenvalue weighted by atomic mass is 16.4. The number of hydrogen-bond donors (Lipinski definition) is 1. The molecule has 0 saturated carbocycles. The Morgan fingerprint density at radius 1 is 1.56 bits per heavy atom. The van der Waals surface area contributed by atoms with Crippen molar-refractivity contribution in [2.75, 3.05) is 18.4 Å². The third-order valence-corrected chi connectivity index (χ3v) is 2.68.